The van der Waals surface area contributed by atoms with Crippen LogP contribution in [0.2, 0.25) is 0 Å². The van der Waals surface area contributed by atoms with E-state index in [-0.39, 0.29) is 12.3 Å². The zero-order valence-corrected chi connectivity index (χ0v) is 9.43. The quantitative estimate of drug-likeness (QED) is 0.875. The highest BCUT2D eigenvalue weighted by molar-refractivity contribution is 5.70. The summed E-state index contributed by atoms with van der Waals surface area (Å²) in [7, 11) is 0. The van der Waals surface area contributed by atoms with E-state index in [2.05, 4.69) is 0 Å². The third kappa shape index (κ3) is 2.82. The molecule has 1 fully saturated rings. The highest BCUT2D eigenvalue weighted by atomic mass is 19.1. The first-order chi connectivity index (χ1) is 8.18. The molecule has 1 aromatic carbocycles. The minimum absolute atomic E-state index is 0.135. The molecule has 0 radical (unpaired) electrons. The molecule has 0 saturated carbocycles. The molecule has 17 heavy (non-hydrogen) atoms. The number of carbonyl (C=O) groups is 1. The minimum Gasteiger partial charge on any atom is -0.481 e. The van der Waals surface area contributed by atoms with Gasteiger partial charge in [-0.15, -0.1) is 0 Å². The number of rotatable bonds is 4. The third-order valence-electron chi connectivity index (χ3n) is 3.07. The molecular weight excluding hydrogens is 223 g/mol. The smallest absolute Gasteiger partial charge is 0.307 e. The maximum Gasteiger partial charge on any atom is 0.307 e. The van der Waals surface area contributed by atoms with Crippen LogP contribution >= 0.6 is 0 Å². The van der Waals surface area contributed by atoms with Crippen LogP contribution in [-0.4, -0.2) is 24.3 Å². The lowest BCUT2D eigenvalue weighted by Gasteiger charge is -2.17. The molecule has 0 aliphatic carbocycles. The van der Waals surface area contributed by atoms with Crippen LogP contribution in [0.5, 0.6) is 0 Å². The van der Waals surface area contributed by atoms with Crippen molar-refractivity contribution in [2.24, 2.45) is 5.92 Å². The van der Waals surface area contributed by atoms with Crippen LogP contribution in [0.1, 0.15) is 23.7 Å². The van der Waals surface area contributed by atoms with Crippen LogP contribution in [0.4, 0.5) is 4.39 Å². The Kier molecular flexibility index (Phi) is 3.74. The van der Waals surface area contributed by atoms with Crippen molar-refractivity contribution in [3.05, 3.63) is 35.4 Å². The molecule has 0 bridgehead atoms. The van der Waals surface area contributed by atoms with Gasteiger partial charge in [0.2, 0.25) is 0 Å². The number of benzene rings is 1. The Balaban J connectivity index is 2.20. The number of hydrogen-bond acceptors (Lipinski definition) is 2. The summed E-state index contributed by atoms with van der Waals surface area (Å²) in [6, 6.07) is 6.82. The Morgan fingerprint density at radius 1 is 1.53 bits per heavy atom. The first-order valence-corrected chi connectivity index (χ1v) is 5.70. The SMILES string of the molecule is O=C(O)Cc1ccccc1C(F)C1CCOC1. The van der Waals surface area contributed by atoms with Crippen molar-refractivity contribution in [1.82, 2.24) is 0 Å². The van der Waals surface area contributed by atoms with Crippen LogP contribution < -0.4 is 0 Å². The van der Waals surface area contributed by atoms with Crippen molar-refractivity contribution < 1.29 is 19.0 Å². The lowest BCUT2D eigenvalue weighted by Crippen LogP contribution is -2.12. The second kappa shape index (κ2) is 5.27. The van der Waals surface area contributed by atoms with Crippen molar-refractivity contribution in [2.75, 3.05) is 13.2 Å². The standard InChI is InChI=1S/C13H15FO3/c14-13(10-5-6-17-8-10)11-4-2-1-3-9(11)7-12(15)16/h1-4,10,13H,5-8H2,(H,15,16). The second-order valence-electron chi connectivity index (χ2n) is 4.29. The van der Waals surface area contributed by atoms with Crippen LogP contribution in [0.15, 0.2) is 24.3 Å². The Morgan fingerprint density at radius 3 is 2.94 bits per heavy atom. The average molecular weight is 238 g/mol. The molecule has 1 aliphatic rings. The van der Waals surface area contributed by atoms with E-state index < -0.39 is 12.1 Å². The van der Waals surface area contributed by atoms with Gasteiger partial charge in [0, 0.05) is 12.5 Å². The topological polar surface area (TPSA) is 46.5 Å². The van der Waals surface area contributed by atoms with E-state index >= 15 is 0 Å². The normalized spacial score (nSPS) is 21.4. The number of halogens is 1. The van der Waals surface area contributed by atoms with Gasteiger partial charge in [0.05, 0.1) is 13.0 Å². The van der Waals surface area contributed by atoms with Gasteiger partial charge >= 0.3 is 5.97 Å². The monoisotopic (exact) mass is 238 g/mol. The average Bonchev–Trinajstić information content (AvgIpc) is 2.81. The van der Waals surface area contributed by atoms with Crippen molar-refractivity contribution >= 4 is 5.97 Å². The number of hydrogen-bond donors (Lipinski definition) is 1. The van der Waals surface area contributed by atoms with Gasteiger partial charge < -0.3 is 9.84 Å². The van der Waals surface area contributed by atoms with E-state index in [0.29, 0.717) is 30.8 Å². The van der Waals surface area contributed by atoms with Crippen LogP contribution in [0.3, 0.4) is 0 Å². The summed E-state index contributed by atoms with van der Waals surface area (Å²) in [4.78, 5) is 10.7. The Hall–Kier alpha value is -1.42. The van der Waals surface area contributed by atoms with E-state index in [0.717, 1.165) is 0 Å². The largest absolute Gasteiger partial charge is 0.481 e. The zero-order chi connectivity index (χ0) is 12.3. The lowest BCUT2D eigenvalue weighted by atomic mass is 9.92. The van der Waals surface area contributed by atoms with E-state index in [9.17, 15) is 9.18 Å². The van der Waals surface area contributed by atoms with E-state index in [1.165, 1.54) is 0 Å². The number of carboxylic acid groups (broad SMARTS) is 1. The highest BCUT2D eigenvalue weighted by Crippen LogP contribution is 2.33. The third-order valence-corrected chi connectivity index (χ3v) is 3.07. The molecule has 0 spiro atoms. The van der Waals surface area contributed by atoms with Crippen molar-refractivity contribution in [2.45, 2.75) is 19.0 Å². The molecule has 0 amide bonds. The first-order valence-electron chi connectivity index (χ1n) is 5.70. The first kappa shape index (κ1) is 12.0. The number of ether oxygens (including phenoxy) is 1. The molecule has 1 saturated heterocycles. The molecule has 2 unspecified atom stereocenters. The molecule has 4 heteroatoms. The summed E-state index contributed by atoms with van der Waals surface area (Å²) in [5.74, 6) is -1.09. The van der Waals surface area contributed by atoms with Crippen molar-refractivity contribution in [3.63, 3.8) is 0 Å². The van der Waals surface area contributed by atoms with Crippen molar-refractivity contribution in [1.29, 1.82) is 0 Å². The molecule has 0 aromatic heterocycles. The lowest BCUT2D eigenvalue weighted by molar-refractivity contribution is -0.136. The van der Waals surface area contributed by atoms with Gasteiger partial charge in [-0.25, -0.2) is 4.39 Å². The van der Waals surface area contributed by atoms with Crippen LogP contribution in [-0.2, 0) is 16.0 Å². The summed E-state index contributed by atoms with van der Waals surface area (Å²) in [6.45, 7) is 1.01. The summed E-state index contributed by atoms with van der Waals surface area (Å²) in [5, 5.41) is 8.79. The molecule has 2 rings (SSSR count). The fourth-order valence-electron chi connectivity index (χ4n) is 2.16. The van der Waals surface area contributed by atoms with Gasteiger partial charge in [-0.2, -0.15) is 0 Å². The molecular formula is C13H15FO3. The zero-order valence-electron chi connectivity index (χ0n) is 9.43. The van der Waals surface area contributed by atoms with Gasteiger partial charge in [0.1, 0.15) is 6.17 Å². The van der Waals surface area contributed by atoms with Gasteiger partial charge in [-0.3, -0.25) is 4.79 Å². The Morgan fingerprint density at radius 2 is 2.29 bits per heavy atom. The van der Waals surface area contributed by atoms with Crippen LogP contribution in [0, 0.1) is 5.92 Å². The van der Waals surface area contributed by atoms with Gasteiger partial charge in [-0.1, -0.05) is 24.3 Å². The number of carboxylic acids is 1. The molecule has 1 aromatic rings. The van der Waals surface area contributed by atoms with Crippen molar-refractivity contribution in [3.8, 4) is 0 Å². The molecule has 2 atom stereocenters. The highest BCUT2D eigenvalue weighted by Gasteiger charge is 2.28. The molecule has 1 aliphatic heterocycles. The Bertz CT molecular complexity index is 399. The molecule has 1 heterocycles. The van der Waals surface area contributed by atoms with E-state index in [1.54, 1.807) is 24.3 Å². The van der Waals surface area contributed by atoms with Gasteiger partial charge in [-0.05, 0) is 17.5 Å². The summed E-state index contributed by atoms with van der Waals surface area (Å²) < 4.78 is 19.4. The molecule has 3 nitrogen and oxygen atoms in total. The maximum atomic E-state index is 14.3. The predicted molar refractivity (Wildman–Crippen MR) is 60.6 cm³/mol. The predicted octanol–water partition coefficient (Wildman–Crippen LogP) is 2.36. The number of alkyl halides is 1. The molecule has 1 N–H and O–H groups in total. The van der Waals surface area contributed by atoms with Crippen LogP contribution in [0.25, 0.3) is 0 Å². The summed E-state index contributed by atoms with van der Waals surface area (Å²) >= 11 is 0. The van der Waals surface area contributed by atoms with Gasteiger partial charge in [0.25, 0.3) is 0 Å². The minimum atomic E-state index is -1.13. The maximum absolute atomic E-state index is 14.3. The Labute approximate surface area is 99.2 Å². The molecule has 92 valence electrons. The number of aliphatic carboxylic acids is 1. The van der Waals surface area contributed by atoms with E-state index in [4.69, 9.17) is 9.84 Å². The summed E-state index contributed by atoms with van der Waals surface area (Å²) in [6.07, 6.45) is -0.569. The van der Waals surface area contributed by atoms with E-state index in [1.807, 2.05) is 0 Å². The second-order valence-corrected chi connectivity index (χ2v) is 4.29. The summed E-state index contributed by atoms with van der Waals surface area (Å²) in [5.41, 5.74) is 1.05. The van der Waals surface area contributed by atoms with Gasteiger partial charge in [0.15, 0.2) is 0 Å². The fourth-order valence-corrected chi connectivity index (χ4v) is 2.16. The fraction of sp³-hybridized carbons (Fsp3) is 0.462.